The van der Waals surface area contributed by atoms with Crippen molar-refractivity contribution in [2.75, 3.05) is 13.1 Å². The Kier molecular flexibility index (Phi) is 14.8. The summed E-state index contributed by atoms with van der Waals surface area (Å²) in [6.07, 6.45) is 11.3. The molecule has 0 aliphatic carbocycles. The minimum absolute atomic E-state index is 0. The summed E-state index contributed by atoms with van der Waals surface area (Å²) < 4.78 is 1.73. The van der Waals surface area contributed by atoms with E-state index in [4.69, 9.17) is 5.73 Å². The number of unbranched alkanes of at least 4 members (excludes halogenated alkanes) is 6. The van der Waals surface area contributed by atoms with Crippen molar-refractivity contribution in [1.29, 1.82) is 0 Å². The van der Waals surface area contributed by atoms with E-state index < -0.39 is 0 Å². The lowest BCUT2D eigenvalue weighted by Crippen LogP contribution is -2.32. The Labute approximate surface area is 163 Å². The molecule has 0 fully saturated rings. The zero-order chi connectivity index (χ0) is 16.8. The molecule has 0 aliphatic rings. The molecule has 1 aromatic rings. The van der Waals surface area contributed by atoms with Crippen molar-refractivity contribution in [3.05, 3.63) is 34.7 Å². The number of nitrogens with two attached hydrogens (primary N) is 1. The van der Waals surface area contributed by atoms with Crippen LogP contribution in [0.1, 0.15) is 58.3 Å². The summed E-state index contributed by atoms with van der Waals surface area (Å²) in [5, 5.41) is 3.14. The highest BCUT2D eigenvalue weighted by atomic mass is 127. The molecule has 0 aromatic carbocycles. The molecule has 0 amide bonds. The first-order valence-electron chi connectivity index (χ1n) is 8.93. The molecule has 0 radical (unpaired) electrons. The summed E-state index contributed by atoms with van der Waals surface area (Å²) >= 11 is 0. The molecule has 6 heteroatoms. The van der Waals surface area contributed by atoms with Crippen LogP contribution in [-0.2, 0) is 6.54 Å². The lowest BCUT2D eigenvalue weighted by molar-refractivity contribution is 0.586. The van der Waals surface area contributed by atoms with Crippen LogP contribution in [0.15, 0.2) is 34.2 Å². The standard InChI is InChI=1S/C18H32N4O.HI/c1-2-3-4-5-6-8-13-20-18(19)21-14-9-11-16-22-15-10-7-12-17(22)23;/h7,10,12,15H,2-6,8-9,11,13-14,16H2,1H3,(H3,19,20,21);1H. The van der Waals surface area contributed by atoms with Crippen molar-refractivity contribution in [1.82, 2.24) is 9.88 Å². The number of hydrogen-bond acceptors (Lipinski definition) is 2. The molecule has 1 heterocycles. The lowest BCUT2D eigenvalue weighted by Gasteiger charge is -2.07. The Morgan fingerprint density at radius 1 is 1.12 bits per heavy atom. The number of rotatable bonds is 12. The number of halogens is 1. The van der Waals surface area contributed by atoms with Crippen molar-refractivity contribution >= 4 is 29.9 Å². The molecule has 0 unspecified atom stereocenters. The van der Waals surface area contributed by atoms with Gasteiger partial charge in [-0.05, 0) is 25.3 Å². The van der Waals surface area contributed by atoms with Crippen molar-refractivity contribution in [2.45, 2.75) is 64.8 Å². The molecular weight excluding hydrogens is 415 g/mol. The molecule has 0 spiro atoms. The van der Waals surface area contributed by atoms with Crippen LogP contribution in [0.5, 0.6) is 0 Å². The third-order valence-electron chi connectivity index (χ3n) is 3.82. The Hall–Kier alpha value is -1.05. The monoisotopic (exact) mass is 448 g/mol. The average molecular weight is 448 g/mol. The molecule has 138 valence electrons. The summed E-state index contributed by atoms with van der Waals surface area (Å²) in [6, 6.07) is 5.24. The SMILES string of the molecule is CCCCCCCCN=C(N)NCCCCn1ccccc1=O.I. The number of nitrogens with zero attached hydrogens (tertiary/aromatic N) is 2. The van der Waals surface area contributed by atoms with Crippen LogP contribution in [0.4, 0.5) is 0 Å². The third kappa shape index (κ3) is 11.5. The molecule has 3 N–H and O–H groups in total. The van der Waals surface area contributed by atoms with Gasteiger partial charge in [0.05, 0.1) is 0 Å². The van der Waals surface area contributed by atoms with Crippen molar-refractivity contribution in [2.24, 2.45) is 10.7 Å². The maximum Gasteiger partial charge on any atom is 0.250 e. The predicted molar refractivity (Wildman–Crippen MR) is 113 cm³/mol. The summed E-state index contributed by atoms with van der Waals surface area (Å²) in [6.45, 7) is 4.59. The molecule has 5 nitrogen and oxygen atoms in total. The fraction of sp³-hybridized carbons (Fsp3) is 0.667. The fourth-order valence-corrected chi connectivity index (χ4v) is 2.42. The average Bonchev–Trinajstić information content (AvgIpc) is 2.55. The first-order chi connectivity index (χ1) is 11.2. The van der Waals surface area contributed by atoms with Gasteiger partial charge in [-0.15, -0.1) is 24.0 Å². The zero-order valence-electron chi connectivity index (χ0n) is 14.9. The number of aromatic nitrogens is 1. The van der Waals surface area contributed by atoms with Gasteiger partial charge in [0.15, 0.2) is 5.96 Å². The van der Waals surface area contributed by atoms with E-state index in [2.05, 4.69) is 17.2 Å². The number of pyridine rings is 1. The van der Waals surface area contributed by atoms with Gasteiger partial charge in [0.2, 0.25) is 5.56 Å². The van der Waals surface area contributed by atoms with Crippen molar-refractivity contribution in [3.63, 3.8) is 0 Å². The number of hydrogen-bond donors (Lipinski definition) is 2. The smallest absolute Gasteiger partial charge is 0.250 e. The minimum atomic E-state index is 0. The summed E-state index contributed by atoms with van der Waals surface area (Å²) in [4.78, 5) is 15.9. The van der Waals surface area contributed by atoms with Gasteiger partial charge in [0, 0.05) is 31.9 Å². The van der Waals surface area contributed by atoms with Gasteiger partial charge < -0.3 is 15.6 Å². The van der Waals surface area contributed by atoms with Gasteiger partial charge in [-0.1, -0.05) is 45.1 Å². The van der Waals surface area contributed by atoms with Crippen molar-refractivity contribution in [3.8, 4) is 0 Å². The first-order valence-corrected chi connectivity index (χ1v) is 8.93. The van der Waals surface area contributed by atoms with Crippen LogP contribution in [0.3, 0.4) is 0 Å². The van der Waals surface area contributed by atoms with Gasteiger partial charge in [0.1, 0.15) is 0 Å². The summed E-state index contributed by atoms with van der Waals surface area (Å²) in [5.41, 5.74) is 5.89. The van der Waals surface area contributed by atoms with Gasteiger partial charge in [-0.3, -0.25) is 9.79 Å². The Balaban J connectivity index is 0.00000529. The van der Waals surface area contributed by atoms with E-state index in [0.29, 0.717) is 5.96 Å². The van der Waals surface area contributed by atoms with E-state index >= 15 is 0 Å². The molecule has 0 atom stereocenters. The van der Waals surface area contributed by atoms with E-state index in [9.17, 15) is 4.79 Å². The normalized spacial score (nSPS) is 11.1. The van der Waals surface area contributed by atoms with Gasteiger partial charge in [0.25, 0.3) is 0 Å². The summed E-state index contributed by atoms with van der Waals surface area (Å²) in [7, 11) is 0. The quantitative estimate of drug-likeness (QED) is 0.223. The fourth-order valence-electron chi connectivity index (χ4n) is 2.42. The minimum Gasteiger partial charge on any atom is -0.370 e. The topological polar surface area (TPSA) is 72.4 Å². The van der Waals surface area contributed by atoms with Crippen LogP contribution < -0.4 is 16.6 Å². The van der Waals surface area contributed by atoms with E-state index in [-0.39, 0.29) is 29.5 Å². The second-order valence-electron chi connectivity index (χ2n) is 5.90. The van der Waals surface area contributed by atoms with Gasteiger partial charge in [-0.2, -0.15) is 0 Å². The molecule has 0 bridgehead atoms. The Morgan fingerprint density at radius 2 is 1.88 bits per heavy atom. The molecule has 0 aliphatic heterocycles. The maximum atomic E-state index is 11.5. The predicted octanol–water partition coefficient (Wildman–Crippen LogP) is 3.51. The second-order valence-corrected chi connectivity index (χ2v) is 5.90. The highest BCUT2D eigenvalue weighted by molar-refractivity contribution is 14.0. The highest BCUT2D eigenvalue weighted by Crippen LogP contribution is 2.04. The van der Waals surface area contributed by atoms with Gasteiger partial charge in [-0.25, -0.2) is 0 Å². The van der Waals surface area contributed by atoms with E-state index in [1.807, 2.05) is 12.3 Å². The molecule has 24 heavy (non-hydrogen) atoms. The molecular formula is C18H33IN4O. The van der Waals surface area contributed by atoms with Crippen LogP contribution in [0, 0.1) is 0 Å². The van der Waals surface area contributed by atoms with Crippen LogP contribution in [0.25, 0.3) is 0 Å². The lowest BCUT2D eigenvalue weighted by atomic mass is 10.1. The number of aryl methyl sites for hydroxylation is 1. The van der Waals surface area contributed by atoms with Crippen molar-refractivity contribution < 1.29 is 0 Å². The molecule has 0 saturated carbocycles. The third-order valence-corrected chi connectivity index (χ3v) is 3.82. The van der Waals surface area contributed by atoms with Crippen LogP contribution in [-0.4, -0.2) is 23.6 Å². The second kappa shape index (κ2) is 15.5. The first kappa shape index (κ1) is 22.9. The van der Waals surface area contributed by atoms with E-state index in [1.165, 1.54) is 32.1 Å². The maximum absolute atomic E-state index is 11.5. The largest absolute Gasteiger partial charge is 0.370 e. The molecule has 1 rings (SSSR count). The number of aliphatic imine (C=N–C) groups is 1. The zero-order valence-corrected chi connectivity index (χ0v) is 17.2. The van der Waals surface area contributed by atoms with Gasteiger partial charge >= 0.3 is 0 Å². The number of guanidine groups is 1. The molecule has 1 aromatic heterocycles. The Bertz CT molecular complexity index is 502. The van der Waals surface area contributed by atoms with E-state index in [1.54, 1.807) is 16.7 Å². The number of nitrogens with one attached hydrogen (secondary N) is 1. The summed E-state index contributed by atoms with van der Waals surface area (Å²) in [5.74, 6) is 0.537. The van der Waals surface area contributed by atoms with Crippen LogP contribution >= 0.6 is 24.0 Å². The molecule has 0 saturated heterocycles. The highest BCUT2D eigenvalue weighted by Gasteiger charge is 1.95. The Morgan fingerprint density at radius 3 is 2.62 bits per heavy atom. The van der Waals surface area contributed by atoms with E-state index in [0.717, 1.165) is 38.9 Å². The van der Waals surface area contributed by atoms with Crippen LogP contribution in [0.2, 0.25) is 0 Å².